The number of rotatable bonds is 7. The molecule has 0 atom stereocenters. The molecule has 190 valence electrons. The summed E-state index contributed by atoms with van der Waals surface area (Å²) in [6.07, 6.45) is 2.25. The molecule has 2 heterocycles. The Morgan fingerprint density at radius 2 is 1.54 bits per heavy atom. The smallest absolute Gasteiger partial charge is 0.255 e. The summed E-state index contributed by atoms with van der Waals surface area (Å²) in [5, 5.41) is 11.0. The van der Waals surface area contributed by atoms with E-state index in [1.807, 2.05) is 78.5 Å². The summed E-state index contributed by atoms with van der Waals surface area (Å²) in [7, 11) is 2.02. The van der Waals surface area contributed by atoms with Crippen molar-refractivity contribution in [2.24, 2.45) is 7.05 Å². The lowest BCUT2D eigenvalue weighted by atomic mass is 9.88. The van der Waals surface area contributed by atoms with Crippen LogP contribution in [-0.4, -0.2) is 33.7 Å². The second-order valence-corrected chi connectivity index (χ2v) is 9.94. The lowest BCUT2D eigenvalue weighted by Gasteiger charge is -2.32. The Bertz CT molecular complexity index is 1350. The van der Waals surface area contributed by atoms with Crippen LogP contribution in [0, 0.1) is 13.8 Å². The Kier molecular flexibility index (Phi) is 7.37. The number of aryl methyl sites for hydroxylation is 2. The summed E-state index contributed by atoms with van der Waals surface area (Å²) in [4.78, 5) is 15.6. The molecule has 37 heavy (non-hydrogen) atoms. The van der Waals surface area contributed by atoms with Crippen molar-refractivity contribution < 1.29 is 4.79 Å². The number of hydrogen-bond donors (Lipinski definition) is 2. The maximum absolute atomic E-state index is 13.0. The molecule has 1 saturated heterocycles. The van der Waals surface area contributed by atoms with E-state index in [0.29, 0.717) is 11.5 Å². The van der Waals surface area contributed by atoms with E-state index in [0.717, 1.165) is 55.2 Å². The minimum Gasteiger partial charge on any atom is -0.354 e. The topological polar surface area (TPSA) is 62.2 Å². The summed E-state index contributed by atoms with van der Waals surface area (Å²) in [6, 6.07) is 25.9. The fourth-order valence-electron chi connectivity index (χ4n) is 5.17. The molecule has 5 rings (SSSR count). The molecular weight excluding hydrogens is 458 g/mol. The first-order chi connectivity index (χ1) is 18.0. The van der Waals surface area contributed by atoms with E-state index in [9.17, 15) is 4.79 Å². The van der Waals surface area contributed by atoms with Crippen molar-refractivity contribution in [3.63, 3.8) is 0 Å². The van der Waals surface area contributed by atoms with Gasteiger partial charge in [0.15, 0.2) is 0 Å². The molecular formula is C31H35N5O. The number of anilines is 3. The van der Waals surface area contributed by atoms with Gasteiger partial charge in [0.25, 0.3) is 5.91 Å². The molecule has 1 amide bonds. The zero-order valence-corrected chi connectivity index (χ0v) is 21.9. The SMILES string of the molecule is Cc1nn(C)c(C)c1CN1CCC(c2ccc(C(=O)Nc3ccccc3Nc3ccccc3)cc2)CC1. The van der Waals surface area contributed by atoms with Gasteiger partial charge in [-0.15, -0.1) is 0 Å². The summed E-state index contributed by atoms with van der Waals surface area (Å²) in [5.74, 6) is 0.422. The second-order valence-electron chi connectivity index (χ2n) is 9.94. The quantitative estimate of drug-likeness (QED) is 0.312. The largest absolute Gasteiger partial charge is 0.354 e. The Morgan fingerprint density at radius 1 is 0.892 bits per heavy atom. The molecule has 1 fully saturated rings. The van der Waals surface area contributed by atoms with E-state index >= 15 is 0 Å². The molecule has 2 N–H and O–H groups in total. The highest BCUT2D eigenvalue weighted by Gasteiger charge is 2.23. The standard InChI is InChI=1S/C31H35N5O/c1-22-28(23(2)35(3)34-22)21-36-19-17-25(18-20-36)24-13-15-26(16-14-24)31(37)33-30-12-8-7-11-29(30)32-27-9-5-4-6-10-27/h4-16,25,32H,17-21H2,1-3H3,(H,33,37). The molecule has 1 aliphatic heterocycles. The van der Waals surface area contributed by atoms with Gasteiger partial charge in [0.1, 0.15) is 0 Å². The van der Waals surface area contributed by atoms with Gasteiger partial charge in [0.2, 0.25) is 0 Å². The highest BCUT2D eigenvalue weighted by molar-refractivity contribution is 6.06. The number of nitrogens with one attached hydrogen (secondary N) is 2. The molecule has 6 nitrogen and oxygen atoms in total. The van der Waals surface area contributed by atoms with E-state index in [1.54, 1.807) is 0 Å². The average Bonchev–Trinajstić information content (AvgIpc) is 3.16. The summed E-state index contributed by atoms with van der Waals surface area (Å²) in [5.41, 5.74) is 8.33. The van der Waals surface area contributed by atoms with Crippen LogP contribution in [0.3, 0.4) is 0 Å². The van der Waals surface area contributed by atoms with Gasteiger partial charge in [0, 0.05) is 36.1 Å². The summed E-state index contributed by atoms with van der Waals surface area (Å²) >= 11 is 0. The molecule has 6 heteroatoms. The Hall–Kier alpha value is -3.90. The third-order valence-electron chi connectivity index (χ3n) is 7.50. The molecule has 1 aliphatic rings. The van der Waals surface area contributed by atoms with Crippen LogP contribution in [0.5, 0.6) is 0 Å². The highest BCUT2D eigenvalue weighted by atomic mass is 16.1. The zero-order valence-electron chi connectivity index (χ0n) is 21.9. The molecule has 0 saturated carbocycles. The van der Waals surface area contributed by atoms with Gasteiger partial charge in [0.05, 0.1) is 17.1 Å². The van der Waals surface area contributed by atoms with Crippen LogP contribution >= 0.6 is 0 Å². The van der Waals surface area contributed by atoms with Crippen molar-refractivity contribution in [1.82, 2.24) is 14.7 Å². The van der Waals surface area contributed by atoms with Gasteiger partial charge in [-0.1, -0.05) is 42.5 Å². The Labute approximate surface area is 219 Å². The van der Waals surface area contributed by atoms with E-state index in [1.165, 1.54) is 16.8 Å². The fraction of sp³-hybridized carbons (Fsp3) is 0.290. The van der Waals surface area contributed by atoms with Crippen LogP contribution in [0.15, 0.2) is 78.9 Å². The van der Waals surface area contributed by atoms with Crippen LogP contribution in [-0.2, 0) is 13.6 Å². The van der Waals surface area contributed by atoms with Crippen LogP contribution in [0.2, 0.25) is 0 Å². The third kappa shape index (κ3) is 5.75. The minimum absolute atomic E-state index is 0.106. The van der Waals surface area contributed by atoms with Crippen LogP contribution in [0.1, 0.15) is 51.6 Å². The zero-order chi connectivity index (χ0) is 25.8. The summed E-state index contributed by atoms with van der Waals surface area (Å²) < 4.78 is 1.98. The minimum atomic E-state index is -0.106. The number of amides is 1. The molecule has 1 aromatic heterocycles. The molecule has 0 bridgehead atoms. The Morgan fingerprint density at radius 3 is 2.19 bits per heavy atom. The third-order valence-corrected chi connectivity index (χ3v) is 7.50. The number of piperidine rings is 1. The van der Waals surface area contributed by atoms with Crippen molar-refractivity contribution in [2.45, 2.75) is 39.2 Å². The van der Waals surface area contributed by atoms with Crippen molar-refractivity contribution in [3.05, 3.63) is 107 Å². The van der Waals surface area contributed by atoms with Gasteiger partial charge in [-0.2, -0.15) is 5.10 Å². The molecule has 0 unspecified atom stereocenters. The van der Waals surface area contributed by atoms with Crippen LogP contribution in [0.25, 0.3) is 0 Å². The van der Waals surface area contributed by atoms with Crippen LogP contribution in [0.4, 0.5) is 17.1 Å². The van der Waals surface area contributed by atoms with E-state index in [2.05, 4.69) is 46.6 Å². The number of benzene rings is 3. The monoisotopic (exact) mass is 493 g/mol. The number of carbonyl (C=O) groups is 1. The normalized spacial score (nSPS) is 14.5. The highest BCUT2D eigenvalue weighted by Crippen LogP contribution is 2.30. The molecule has 3 aromatic carbocycles. The van der Waals surface area contributed by atoms with E-state index in [4.69, 9.17) is 0 Å². The lowest BCUT2D eigenvalue weighted by molar-refractivity contribution is 0.102. The van der Waals surface area contributed by atoms with Gasteiger partial charge in [-0.05, 0) is 87.7 Å². The predicted molar refractivity (Wildman–Crippen MR) is 150 cm³/mol. The number of nitrogens with zero attached hydrogens (tertiary/aromatic N) is 3. The number of likely N-dealkylation sites (tertiary alicyclic amines) is 1. The maximum Gasteiger partial charge on any atom is 0.255 e. The van der Waals surface area contributed by atoms with Crippen molar-refractivity contribution >= 4 is 23.0 Å². The van der Waals surface area contributed by atoms with Crippen molar-refractivity contribution in [1.29, 1.82) is 0 Å². The van der Waals surface area contributed by atoms with Gasteiger partial charge in [-0.3, -0.25) is 14.4 Å². The van der Waals surface area contributed by atoms with Gasteiger partial charge < -0.3 is 10.6 Å². The maximum atomic E-state index is 13.0. The molecule has 0 radical (unpaired) electrons. The Balaban J connectivity index is 1.18. The average molecular weight is 494 g/mol. The first kappa shape index (κ1) is 24.8. The number of hydrogen-bond acceptors (Lipinski definition) is 4. The van der Waals surface area contributed by atoms with Crippen molar-refractivity contribution in [2.75, 3.05) is 23.7 Å². The van der Waals surface area contributed by atoms with Crippen LogP contribution < -0.4 is 10.6 Å². The lowest BCUT2D eigenvalue weighted by Crippen LogP contribution is -2.32. The van der Waals surface area contributed by atoms with E-state index < -0.39 is 0 Å². The molecule has 0 aliphatic carbocycles. The van der Waals surface area contributed by atoms with Crippen molar-refractivity contribution in [3.8, 4) is 0 Å². The number of para-hydroxylation sites is 3. The fourth-order valence-corrected chi connectivity index (χ4v) is 5.17. The first-order valence-electron chi connectivity index (χ1n) is 13.0. The molecule has 4 aromatic rings. The first-order valence-corrected chi connectivity index (χ1v) is 13.0. The number of carbonyl (C=O) groups excluding carboxylic acids is 1. The summed E-state index contributed by atoms with van der Waals surface area (Å²) in [6.45, 7) is 7.37. The van der Waals surface area contributed by atoms with Gasteiger partial charge in [-0.25, -0.2) is 0 Å². The molecule has 0 spiro atoms. The number of aromatic nitrogens is 2. The second kappa shape index (κ2) is 11.0. The van der Waals surface area contributed by atoms with E-state index in [-0.39, 0.29) is 5.91 Å². The van der Waals surface area contributed by atoms with Gasteiger partial charge >= 0.3 is 0 Å². The predicted octanol–water partition coefficient (Wildman–Crippen LogP) is 6.41.